The summed E-state index contributed by atoms with van der Waals surface area (Å²) < 4.78 is 44.8. The second-order valence-electron chi connectivity index (χ2n) is 5.48. The Morgan fingerprint density at radius 3 is 2.65 bits per heavy atom. The maximum Gasteiger partial charge on any atom is 0.417 e. The number of tetrazole rings is 1. The smallest absolute Gasteiger partial charge is 0.396 e. The van der Waals surface area contributed by atoms with E-state index < -0.39 is 17.2 Å². The van der Waals surface area contributed by atoms with Crippen LogP contribution >= 0.6 is 15.9 Å². The van der Waals surface area contributed by atoms with E-state index in [9.17, 15) is 18.3 Å². The molecule has 2 aromatic rings. The predicted octanol–water partition coefficient (Wildman–Crippen LogP) is 2.13. The number of benzene rings is 1. The van der Waals surface area contributed by atoms with E-state index in [2.05, 4.69) is 31.3 Å². The van der Waals surface area contributed by atoms with Crippen molar-refractivity contribution in [2.75, 3.05) is 19.8 Å². The van der Waals surface area contributed by atoms with Gasteiger partial charge in [0, 0.05) is 10.0 Å². The van der Waals surface area contributed by atoms with E-state index in [1.165, 1.54) is 16.9 Å². The lowest BCUT2D eigenvalue weighted by Crippen LogP contribution is -2.49. The first-order valence-electron chi connectivity index (χ1n) is 6.67. The highest BCUT2D eigenvalue weighted by Crippen LogP contribution is 2.37. The Hall–Kier alpha value is -1.52. The fourth-order valence-electron chi connectivity index (χ4n) is 2.29. The summed E-state index contributed by atoms with van der Waals surface area (Å²) in [5, 5.41) is 20.9. The van der Waals surface area contributed by atoms with Gasteiger partial charge in [-0.1, -0.05) is 15.9 Å². The van der Waals surface area contributed by atoms with Gasteiger partial charge in [-0.25, -0.2) is 0 Å². The fourth-order valence-corrected chi connectivity index (χ4v) is 2.65. The van der Waals surface area contributed by atoms with Crippen LogP contribution in [0.2, 0.25) is 0 Å². The van der Waals surface area contributed by atoms with Crippen LogP contribution in [0.5, 0.6) is 0 Å². The SMILES string of the molecule is OCC1(Cn2nnc(-c3ccc(Br)cc3C(F)(F)F)n2)COC1. The van der Waals surface area contributed by atoms with Gasteiger partial charge in [-0.15, -0.1) is 10.2 Å². The Kier molecular flexibility index (Phi) is 4.15. The van der Waals surface area contributed by atoms with Gasteiger partial charge in [0.05, 0.1) is 37.3 Å². The summed E-state index contributed by atoms with van der Waals surface area (Å²) in [5.41, 5.74) is -1.48. The summed E-state index contributed by atoms with van der Waals surface area (Å²) in [5.74, 6) is -0.113. The minimum atomic E-state index is -4.53. The maximum absolute atomic E-state index is 13.2. The summed E-state index contributed by atoms with van der Waals surface area (Å²) >= 11 is 3.03. The van der Waals surface area contributed by atoms with Gasteiger partial charge in [0.25, 0.3) is 0 Å². The second kappa shape index (κ2) is 5.84. The first kappa shape index (κ1) is 16.3. The molecule has 6 nitrogen and oxygen atoms in total. The van der Waals surface area contributed by atoms with E-state index in [-0.39, 0.29) is 24.5 Å². The number of alkyl halides is 3. The fraction of sp³-hybridized carbons (Fsp3) is 0.462. The number of ether oxygens (including phenoxy) is 1. The molecule has 1 aromatic carbocycles. The average molecular weight is 393 g/mol. The van der Waals surface area contributed by atoms with Gasteiger partial charge in [-0.2, -0.15) is 18.0 Å². The molecule has 0 bridgehead atoms. The van der Waals surface area contributed by atoms with E-state index in [1.54, 1.807) is 0 Å². The zero-order valence-corrected chi connectivity index (χ0v) is 13.3. The van der Waals surface area contributed by atoms with Crippen molar-refractivity contribution in [1.82, 2.24) is 20.2 Å². The average Bonchev–Trinajstić information content (AvgIpc) is 2.90. The van der Waals surface area contributed by atoms with Crippen molar-refractivity contribution >= 4 is 15.9 Å². The minimum Gasteiger partial charge on any atom is -0.396 e. The number of hydrogen-bond donors (Lipinski definition) is 1. The van der Waals surface area contributed by atoms with E-state index in [4.69, 9.17) is 4.74 Å². The number of aliphatic hydroxyl groups is 1. The Balaban J connectivity index is 1.92. The van der Waals surface area contributed by atoms with Gasteiger partial charge in [0.1, 0.15) is 0 Å². The molecule has 0 unspecified atom stereocenters. The monoisotopic (exact) mass is 392 g/mol. The molecule has 3 rings (SSSR count). The van der Waals surface area contributed by atoms with Crippen LogP contribution in [0.3, 0.4) is 0 Å². The molecule has 10 heteroatoms. The molecule has 2 heterocycles. The van der Waals surface area contributed by atoms with Gasteiger partial charge >= 0.3 is 6.18 Å². The Morgan fingerprint density at radius 1 is 1.35 bits per heavy atom. The topological polar surface area (TPSA) is 73.1 Å². The van der Waals surface area contributed by atoms with Crippen LogP contribution in [0, 0.1) is 5.41 Å². The quantitative estimate of drug-likeness (QED) is 0.862. The number of nitrogens with zero attached hydrogens (tertiary/aromatic N) is 4. The van der Waals surface area contributed by atoms with Crippen LogP contribution in [0.25, 0.3) is 11.4 Å². The highest BCUT2D eigenvalue weighted by Gasteiger charge is 2.40. The van der Waals surface area contributed by atoms with Crippen molar-refractivity contribution in [3.05, 3.63) is 28.2 Å². The largest absolute Gasteiger partial charge is 0.417 e. The molecule has 1 N–H and O–H groups in total. The molecular formula is C13H12BrF3N4O2. The van der Waals surface area contributed by atoms with Crippen molar-refractivity contribution in [2.24, 2.45) is 5.41 Å². The summed E-state index contributed by atoms with van der Waals surface area (Å²) in [6.07, 6.45) is -4.53. The Labute approximate surface area is 137 Å². The van der Waals surface area contributed by atoms with Crippen LogP contribution in [-0.4, -0.2) is 45.1 Å². The van der Waals surface area contributed by atoms with Crippen molar-refractivity contribution < 1.29 is 23.0 Å². The number of rotatable bonds is 4. The Morgan fingerprint density at radius 2 is 2.09 bits per heavy atom. The van der Waals surface area contributed by atoms with Gasteiger partial charge in [0.2, 0.25) is 5.82 Å². The number of hydrogen-bond acceptors (Lipinski definition) is 5. The molecule has 0 atom stereocenters. The van der Waals surface area contributed by atoms with Crippen LogP contribution in [-0.2, 0) is 17.5 Å². The van der Waals surface area contributed by atoms with Crippen LogP contribution < -0.4 is 0 Å². The molecular weight excluding hydrogens is 381 g/mol. The van der Waals surface area contributed by atoms with E-state index >= 15 is 0 Å². The standard InChI is InChI=1S/C13H12BrF3N4O2/c14-8-1-2-9(10(3-8)13(15,16)17)11-18-20-21(19-11)4-12(5-22)6-23-7-12/h1-3,22H,4-7H2. The van der Waals surface area contributed by atoms with Crippen molar-refractivity contribution in [3.63, 3.8) is 0 Å². The highest BCUT2D eigenvalue weighted by molar-refractivity contribution is 9.10. The molecule has 1 fully saturated rings. The summed E-state index contributed by atoms with van der Waals surface area (Å²) in [4.78, 5) is 1.19. The molecule has 23 heavy (non-hydrogen) atoms. The van der Waals surface area contributed by atoms with Crippen LogP contribution in [0.4, 0.5) is 13.2 Å². The summed E-state index contributed by atoms with van der Waals surface area (Å²) in [6, 6.07) is 3.76. The van der Waals surface area contributed by atoms with E-state index in [0.29, 0.717) is 17.7 Å². The molecule has 1 aliphatic rings. The van der Waals surface area contributed by atoms with E-state index in [0.717, 1.165) is 6.07 Å². The lowest BCUT2D eigenvalue weighted by atomic mass is 9.87. The summed E-state index contributed by atoms with van der Waals surface area (Å²) in [7, 11) is 0. The number of aromatic nitrogens is 4. The van der Waals surface area contributed by atoms with Crippen LogP contribution in [0.15, 0.2) is 22.7 Å². The number of halogens is 4. The molecule has 124 valence electrons. The zero-order chi connectivity index (χ0) is 16.7. The van der Waals surface area contributed by atoms with E-state index in [1.807, 2.05) is 0 Å². The molecule has 0 radical (unpaired) electrons. The first-order valence-corrected chi connectivity index (χ1v) is 7.46. The predicted molar refractivity (Wildman–Crippen MR) is 76.3 cm³/mol. The van der Waals surface area contributed by atoms with Gasteiger partial charge < -0.3 is 9.84 Å². The van der Waals surface area contributed by atoms with Crippen molar-refractivity contribution in [1.29, 1.82) is 0 Å². The van der Waals surface area contributed by atoms with Crippen LogP contribution in [0.1, 0.15) is 5.56 Å². The lowest BCUT2D eigenvalue weighted by molar-refractivity contribution is -0.147. The zero-order valence-electron chi connectivity index (χ0n) is 11.7. The Bertz CT molecular complexity index is 710. The third kappa shape index (κ3) is 3.24. The normalized spacial score (nSPS) is 17.1. The third-order valence-corrected chi connectivity index (χ3v) is 4.10. The second-order valence-corrected chi connectivity index (χ2v) is 6.40. The van der Waals surface area contributed by atoms with Gasteiger partial charge in [-0.3, -0.25) is 0 Å². The minimum absolute atomic E-state index is 0.113. The van der Waals surface area contributed by atoms with Gasteiger partial charge in [0.15, 0.2) is 0 Å². The molecule has 0 spiro atoms. The van der Waals surface area contributed by atoms with Gasteiger partial charge in [-0.05, 0) is 23.4 Å². The molecule has 1 saturated heterocycles. The lowest BCUT2D eigenvalue weighted by Gasteiger charge is -2.38. The number of aliphatic hydroxyl groups excluding tert-OH is 1. The molecule has 1 aromatic heterocycles. The van der Waals surface area contributed by atoms with Crippen molar-refractivity contribution in [3.8, 4) is 11.4 Å². The molecule has 0 saturated carbocycles. The maximum atomic E-state index is 13.2. The molecule has 0 aliphatic carbocycles. The first-order chi connectivity index (χ1) is 10.8. The molecule has 1 aliphatic heterocycles. The third-order valence-electron chi connectivity index (χ3n) is 3.61. The highest BCUT2D eigenvalue weighted by atomic mass is 79.9. The van der Waals surface area contributed by atoms with Crippen molar-refractivity contribution in [2.45, 2.75) is 12.7 Å². The molecule has 0 amide bonds. The summed E-state index contributed by atoms with van der Waals surface area (Å²) in [6.45, 7) is 0.823.